The number of carbonyl (C=O) groups excluding carboxylic acids is 2. The summed E-state index contributed by atoms with van der Waals surface area (Å²) in [5.41, 5.74) is 8.71. The Labute approximate surface area is 271 Å². The molecule has 6 rings (SSSR count). The highest BCUT2D eigenvalue weighted by Gasteiger charge is 2.25. The number of fused-ring (bicyclic) bond motifs is 3. The van der Waals surface area contributed by atoms with E-state index in [1.807, 2.05) is 42.7 Å². The Balaban J connectivity index is 1.15. The Morgan fingerprint density at radius 1 is 0.848 bits per heavy atom. The Bertz CT molecular complexity index is 1920. The first-order chi connectivity index (χ1) is 22.0. The molecule has 1 atom stereocenters. The van der Waals surface area contributed by atoms with Gasteiger partial charge in [0.15, 0.2) is 5.82 Å². The van der Waals surface area contributed by atoms with Gasteiger partial charge in [-0.25, -0.2) is 9.97 Å². The first-order valence-electron chi connectivity index (χ1n) is 15.1. The highest BCUT2D eigenvalue weighted by molar-refractivity contribution is 7.14. The number of rotatable bonds is 9. The fraction of sp³-hybridized carbons (Fsp3) is 0.216. The zero-order chi connectivity index (χ0) is 32.4. The third-order valence-corrected chi connectivity index (χ3v) is 9.55. The number of carboxylic acid groups (broad SMARTS) is 1. The van der Waals surface area contributed by atoms with E-state index in [1.54, 1.807) is 6.07 Å². The van der Waals surface area contributed by atoms with Crippen molar-refractivity contribution in [3.8, 4) is 33.6 Å². The molecule has 8 nitrogen and oxygen atoms in total. The van der Waals surface area contributed by atoms with Crippen molar-refractivity contribution in [3.63, 3.8) is 0 Å². The van der Waals surface area contributed by atoms with Crippen LogP contribution in [0.1, 0.15) is 52.0 Å². The topological polar surface area (TPSA) is 121 Å². The molecule has 0 fully saturated rings. The van der Waals surface area contributed by atoms with Crippen LogP contribution in [0.3, 0.4) is 0 Å². The van der Waals surface area contributed by atoms with Gasteiger partial charge in [-0.2, -0.15) is 0 Å². The summed E-state index contributed by atoms with van der Waals surface area (Å²) in [6, 6.07) is 25.2. The van der Waals surface area contributed by atoms with Gasteiger partial charge >= 0.3 is 5.97 Å². The van der Waals surface area contributed by atoms with Crippen LogP contribution in [0.2, 0.25) is 0 Å². The fourth-order valence-electron chi connectivity index (χ4n) is 5.56. The maximum absolute atomic E-state index is 13.1. The largest absolute Gasteiger partial charge is 0.480 e. The van der Waals surface area contributed by atoms with Gasteiger partial charge in [-0.15, -0.1) is 11.3 Å². The first kappa shape index (κ1) is 30.9. The number of carboxylic acids is 1. The van der Waals surface area contributed by atoms with E-state index in [9.17, 15) is 14.4 Å². The number of nitrogens with zero attached hydrogens (tertiary/aromatic N) is 2. The van der Waals surface area contributed by atoms with Crippen molar-refractivity contribution in [3.05, 3.63) is 118 Å². The summed E-state index contributed by atoms with van der Waals surface area (Å²) in [5.74, 6) is -1.54. The average molecular weight is 631 g/mol. The summed E-state index contributed by atoms with van der Waals surface area (Å²) in [6.45, 7) is 5.67. The molecule has 1 unspecified atom stereocenters. The van der Waals surface area contributed by atoms with E-state index < -0.39 is 24.5 Å². The summed E-state index contributed by atoms with van der Waals surface area (Å²) < 4.78 is 0. The first-order valence-corrected chi connectivity index (χ1v) is 15.9. The minimum Gasteiger partial charge on any atom is -0.480 e. The highest BCUT2D eigenvalue weighted by atomic mass is 32.1. The normalized spacial score (nSPS) is 12.6. The minimum absolute atomic E-state index is 0.109. The van der Waals surface area contributed by atoms with Crippen LogP contribution in [-0.4, -0.2) is 45.4 Å². The van der Waals surface area contributed by atoms with Crippen molar-refractivity contribution < 1.29 is 19.5 Å². The Morgan fingerprint density at radius 2 is 1.54 bits per heavy atom. The Morgan fingerprint density at radius 3 is 2.24 bits per heavy atom. The summed E-state index contributed by atoms with van der Waals surface area (Å²) in [5, 5.41) is 14.2. The summed E-state index contributed by atoms with van der Waals surface area (Å²) in [7, 11) is 0. The SMILES string of the molecule is CC(C)(C)c1ccc(C(=O)NC(Cc2ccc(-c3ncc(-c4ccc5c(c4)Cc4ccccc4-5)cn3)cc2)C(=O)NCC(=O)O)s1. The lowest BCUT2D eigenvalue weighted by Gasteiger charge is -2.18. The van der Waals surface area contributed by atoms with Crippen molar-refractivity contribution in [2.75, 3.05) is 6.54 Å². The van der Waals surface area contributed by atoms with Crippen LogP contribution in [0.4, 0.5) is 0 Å². The molecule has 9 heteroatoms. The van der Waals surface area contributed by atoms with Gasteiger partial charge in [-0.3, -0.25) is 14.4 Å². The van der Waals surface area contributed by atoms with Crippen molar-refractivity contribution in [2.24, 2.45) is 0 Å². The molecule has 1 aliphatic rings. The van der Waals surface area contributed by atoms with Crippen molar-refractivity contribution in [2.45, 2.75) is 45.1 Å². The lowest BCUT2D eigenvalue weighted by molar-refractivity contribution is -0.138. The zero-order valence-corrected chi connectivity index (χ0v) is 26.7. The van der Waals surface area contributed by atoms with E-state index in [0.29, 0.717) is 10.7 Å². The van der Waals surface area contributed by atoms with Crippen molar-refractivity contribution in [1.82, 2.24) is 20.6 Å². The lowest BCUT2D eigenvalue weighted by atomic mass is 9.95. The molecule has 1 aliphatic carbocycles. The number of aliphatic carboxylic acids is 1. The monoisotopic (exact) mass is 630 g/mol. The van der Waals surface area contributed by atoms with E-state index in [0.717, 1.165) is 33.6 Å². The van der Waals surface area contributed by atoms with Gasteiger partial charge < -0.3 is 15.7 Å². The van der Waals surface area contributed by atoms with Gasteiger partial charge in [0.05, 0.1) is 4.88 Å². The summed E-state index contributed by atoms with van der Waals surface area (Å²) in [4.78, 5) is 47.9. The second kappa shape index (κ2) is 12.7. The molecule has 0 aliphatic heterocycles. The predicted molar refractivity (Wildman–Crippen MR) is 180 cm³/mol. The third kappa shape index (κ3) is 6.74. The number of hydrogen-bond acceptors (Lipinski definition) is 6. The van der Waals surface area contributed by atoms with Crippen LogP contribution in [0, 0.1) is 0 Å². The van der Waals surface area contributed by atoms with E-state index in [2.05, 4.69) is 83.8 Å². The van der Waals surface area contributed by atoms with E-state index in [-0.39, 0.29) is 17.7 Å². The van der Waals surface area contributed by atoms with Gasteiger partial charge in [0.1, 0.15) is 12.6 Å². The molecule has 5 aromatic rings. The van der Waals surface area contributed by atoms with Gasteiger partial charge in [0.2, 0.25) is 5.91 Å². The van der Waals surface area contributed by atoms with E-state index in [4.69, 9.17) is 5.11 Å². The molecule has 0 bridgehead atoms. The molecule has 232 valence electrons. The molecule has 3 aromatic carbocycles. The molecule has 0 saturated carbocycles. The standard InChI is InChI=1S/C37H34N4O4S/c1-37(2,3)32-15-14-31(46-32)36(45)41-30(35(44)40-21-33(42)43)16-22-8-10-23(11-9-22)34-38-19-27(20-39-34)24-12-13-29-26(17-24)18-25-6-4-5-7-28(25)29/h4-15,17,19-20,30H,16,18,21H2,1-3H3,(H,40,44)(H,41,45)(H,42,43). The molecule has 0 radical (unpaired) electrons. The van der Waals surface area contributed by atoms with Gasteiger partial charge in [0, 0.05) is 34.8 Å². The number of nitrogens with one attached hydrogen (secondary N) is 2. The van der Waals surface area contributed by atoms with E-state index >= 15 is 0 Å². The van der Waals surface area contributed by atoms with Crippen LogP contribution < -0.4 is 10.6 Å². The molecule has 3 N–H and O–H groups in total. The van der Waals surface area contributed by atoms with Crippen LogP contribution in [0.15, 0.2) is 91.3 Å². The summed E-state index contributed by atoms with van der Waals surface area (Å²) in [6.07, 6.45) is 4.75. The Kier molecular flexibility index (Phi) is 8.51. The zero-order valence-electron chi connectivity index (χ0n) is 25.8. The van der Waals surface area contributed by atoms with Gasteiger partial charge in [-0.05, 0) is 57.3 Å². The molecular formula is C37H34N4O4S. The minimum atomic E-state index is -1.16. The molecule has 2 aromatic heterocycles. The molecule has 2 amide bonds. The predicted octanol–water partition coefficient (Wildman–Crippen LogP) is 6.28. The maximum atomic E-state index is 13.1. The number of amides is 2. The van der Waals surface area contributed by atoms with Crippen LogP contribution in [0.25, 0.3) is 33.6 Å². The van der Waals surface area contributed by atoms with Crippen LogP contribution in [0.5, 0.6) is 0 Å². The van der Waals surface area contributed by atoms with Gasteiger partial charge in [-0.1, -0.05) is 87.5 Å². The quantitative estimate of drug-likeness (QED) is 0.173. The van der Waals surface area contributed by atoms with Crippen LogP contribution in [-0.2, 0) is 27.8 Å². The molecule has 2 heterocycles. The maximum Gasteiger partial charge on any atom is 0.322 e. The second-order valence-corrected chi connectivity index (χ2v) is 13.5. The molecule has 0 saturated heterocycles. The van der Waals surface area contributed by atoms with Gasteiger partial charge in [0.25, 0.3) is 5.91 Å². The van der Waals surface area contributed by atoms with Crippen LogP contribution >= 0.6 is 11.3 Å². The number of benzene rings is 3. The molecular weight excluding hydrogens is 596 g/mol. The highest BCUT2D eigenvalue weighted by Crippen LogP contribution is 2.38. The van der Waals surface area contributed by atoms with E-state index in [1.165, 1.54) is 33.6 Å². The fourth-order valence-corrected chi connectivity index (χ4v) is 6.53. The molecule has 0 spiro atoms. The lowest BCUT2D eigenvalue weighted by Crippen LogP contribution is -2.49. The Hall–Kier alpha value is -5.15. The average Bonchev–Trinajstić information content (AvgIpc) is 3.69. The number of carbonyl (C=O) groups is 3. The number of thiophene rings is 1. The number of hydrogen-bond donors (Lipinski definition) is 3. The second-order valence-electron chi connectivity index (χ2n) is 12.5. The van der Waals surface area contributed by atoms with Crippen molar-refractivity contribution in [1.29, 1.82) is 0 Å². The van der Waals surface area contributed by atoms with Crippen molar-refractivity contribution >= 4 is 29.1 Å². The third-order valence-electron chi connectivity index (χ3n) is 8.04. The number of aromatic nitrogens is 2. The summed E-state index contributed by atoms with van der Waals surface area (Å²) >= 11 is 1.38. The molecule has 46 heavy (non-hydrogen) atoms. The smallest absolute Gasteiger partial charge is 0.322 e.